The molecule has 0 amide bonds. The van der Waals surface area contributed by atoms with Gasteiger partial charge in [-0.1, -0.05) is 6.58 Å². The van der Waals surface area contributed by atoms with E-state index in [9.17, 15) is 0 Å². The molecule has 0 saturated carbocycles. The molecule has 106 valence electrons. The molecule has 4 rings (SSSR count). The van der Waals surface area contributed by atoms with Crippen LogP contribution in [-0.4, -0.2) is 20.2 Å². The van der Waals surface area contributed by atoms with E-state index in [1.54, 1.807) is 24.8 Å². The van der Waals surface area contributed by atoms with Crippen LogP contribution >= 0.6 is 0 Å². The van der Waals surface area contributed by atoms with Crippen molar-refractivity contribution in [2.75, 3.05) is 10.6 Å². The van der Waals surface area contributed by atoms with Crippen molar-refractivity contribution < 1.29 is 0 Å². The zero-order chi connectivity index (χ0) is 14.9. The molecule has 2 N–H and O–H groups in total. The van der Waals surface area contributed by atoms with E-state index in [4.69, 9.17) is 0 Å². The third-order valence-corrected chi connectivity index (χ3v) is 3.46. The highest BCUT2D eigenvalue weighted by atomic mass is 15.2. The van der Waals surface area contributed by atoms with Gasteiger partial charge in [-0.2, -0.15) is 5.10 Å². The third-order valence-electron chi connectivity index (χ3n) is 3.46. The summed E-state index contributed by atoms with van der Waals surface area (Å²) in [4.78, 5) is 8.12. The molecule has 0 atom stereocenters. The molecule has 1 aliphatic heterocycles. The molecular weight excluding hydrogens is 276 g/mol. The number of anilines is 2. The molecule has 0 unspecified atom stereocenters. The second-order valence-corrected chi connectivity index (χ2v) is 4.87. The van der Waals surface area contributed by atoms with Crippen LogP contribution < -0.4 is 21.2 Å². The number of nitrogens with one attached hydrogen (secondary N) is 2. The topological polar surface area (TPSA) is 75.6 Å². The summed E-state index contributed by atoms with van der Waals surface area (Å²) in [5.41, 5.74) is 3.64. The van der Waals surface area contributed by atoms with Gasteiger partial charge in [0.2, 0.25) is 0 Å². The molecule has 0 radical (unpaired) electrons. The Morgan fingerprint density at radius 1 is 0.864 bits per heavy atom. The first-order chi connectivity index (χ1) is 10.8. The second-order valence-electron chi connectivity index (χ2n) is 4.87. The van der Waals surface area contributed by atoms with Gasteiger partial charge in [-0.05, 0) is 24.3 Å². The molecule has 0 saturated heterocycles. The van der Waals surface area contributed by atoms with Gasteiger partial charge in [0.05, 0.1) is 28.6 Å². The Labute approximate surface area is 126 Å². The van der Waals surface area contributed by atoms with Crippen molar-refractivity contribution in [3.8, 4) is 11.3 Å². The molecule has 0 aliphatic carbocycles. The highest BCUT2D eigenvalue weighted by Crippen LogP contribution is 2.28. The minimum absolute atomic E-state index is 0.605. The third kappa shape index (κ3) is 2.07. The second kappa shape index (κ2) is 4.92. The molecule has 6 nitrogen and oxygen atoms in total. The fourth-order valence-electron chi connectivity index (χ4n) is 2.34. The molecule has 0 aromatic carbocycles. The minimum Gasteiger partial charge on any atom is -0.339 e. The number of pyridine rings is 2. The summed E-state index contributed by atoms with van der Waals surface area (Å²) in [7, 11) is 0. The van der Waals surface area contributed by atoms with E-state index in [2.05, 4.69) is 37.4 Å². The fraction of sp³-hybridized carbons (Fsp3) is 0. The zero-order valence-corrected chi connectivity index (χ0v) is 11.6. The summed E-state index contributed by atoms with van der Waals surface area (Å²) in [6.45, 7) is 3.96. The average molecular weight is 288 g/mol. The Morgan fingerprint density at radius 3 is 2.45 bits per heavy atom. The van der Waals surface area contributed by atoms with Gasteiger partial charge in [-0.3, -0.25) is 9.97 Å². The predicted molar refractivity (Wildman–Crippen MR) is 84.9 cm³/mol. The number of fused-ring (bicyclic) bond motifs is 1. The highest BCUT2D eigenvalue weighted by molar-refractivity contribution is 5.90. The van der Waals surface area contributed by atoms with E-state index in [-0.39, 0.29) is 0 Å². The maximum absolute atomic E-state index is 4.21. The standard InChI is InChI=1S/C16H12N6/c1-10-12(16-19-13-4-7-18-9-15(13)20-16)8-14(22-21-10)11-2-5-17-6-3-11/h2-9,19-20H,1H2. The molecule has 1 aliphatic rings. The molecule has 0 bridgehead atoms. The first-order valence-electron chi connectivity index (χ1n) is 6.77. The van der Waals surface area contributed by atoms with Crippen molar-refractivity contribution in [1.82, 2.24) is 20.2 Å². The Bertz CT molecular complexity index is 925. The van der Waals surface area contributed by atoms with E-state index in [0.29, 0.717) is 5.35 Å². The number of rotatable bonds is 1. The van der Waals surface area contributed by atoms with Crippen LogP contribution in [0.2, 0.25) is 0 Å². The normalized spacial score (nSPS) is 14.9. The summed E-state index contributed by atoms with van der Waals surface area (Å²) >= 11 is 0. The van der Waals surface area contributed by atoms with Gasteiger partial charge in [0.15, 0.2) is 0 Å². The number of hydrogen-bond donors (Lipinski definition) is 2. The van der Waals surface area contributed by atoms with Crippen molar-refractivity contribution in [2.24, 2.45) is 0 Å². The molecular formula is C16H12N6. The van der Waals surface area contributed by atoms with Crippen LogP contribution in [0.25, 0.3) is 23.7 Å². The van der Waals surface area contributed by atoms with E-state index < -0.39 is 0 Å². The minimum atomic E-state index is 0.605. The average Bonchev–Trinajstić information content (AvgIpc) is 3.00. The van der Waals surface area contributed by atoms with Gasteiger partial charge in [0, 0.05) is 29.4 Å². The van der Waals surface area contributed by atoms with Crippen molar-refractivity contribution >= 4 is 23.8 Å². The zero-order valence-electron chi connectivity index (χ0n) is 11.6. The number of aromatic nitrogens is 4. The number of hydrogen-bond acceptors (Lipinski definition) is 6. The van der Waals surface area contributed by atoms with Crippen LogP contribution in [0.1, 0.15) is 0 Å². The SMILES string of the molecule is C=c1nnc(-c2ccncc2)cc1=C1Nc2ccncc2N1. The van der Waals surface area contributed by atoms with Gasteiger partial charge in [0.25, 0.3) is 0 Å². The Morgan fingerprint density at radius 2 is 1.64 bits per heavy atom. The quantitative estimate of drug-likeness (QED) is 0.694. The maximum atomic E-state index is 4.21. The summed E-state index contributed by atoms with van der Waals surface area (Å²) in [6.07, 6.45) is 6.98. The van der Waals surface area contributed by atoms with Crippen molar-refractivity contribution in [3.05, 3.63) is 59.6 Å². The monoisotopic (exact) mass is 288 g/mol. The molecule has 4 heterocycles. The predicted octanol–water partition coefficient (Wildman–Crippen LogP) is 0.947. The summed E-state index contributed by atoms with van der Waals surface area (Å²) < 4.78 is 0. The van der Waals surface area contributed by atoms with Crippen LogP contribution in [0.4, 0.5) is 11.4 Å². The Balaban J connectivity index is 1.87. The smallest absolute Gasteiger partial charge is 0.118 e. The summed E-state index contributed by atoms with van der Waals surface area (Å²) in [5, 5.41) is 16.5. The van der Waals surface area contributed by atoms with Gasteiger partial charge in [0.1, 0.15) is 5.82 Å². The first-order valence-corrected chi connectivity index (χ1v) is 6.77. The van der Waals surface area contributed by atoms with E-state index in [0.717, 1.165) is 33.7 Å². The largest absolute Gasteiger partial charge is 0.339 e. The molecule has 0 fully saturated rings. The molecule has 3 aromatic heterocycles. The summed E-state index contributed by atoms with van der Waals surface area (Å²) in [6, 6.07) is 7.67. The van der Waals surface area contributed by atoms with Crippen molar-refractivity contribution in [1.29, 1.82) is 0 Å². The van der Waals surface area contributed by atoms with Crippen LogP contribution in [0, 0.1) is 0 Å². The van der Waals surface area contributed by atoms with Crippen LogP contribution in [0.5, 0.6) is 0 Å². The Kier molecular flexibility index (Phi) is 2.79. The lowest BCUT2D eigenvalue weighted by molar-refractivity contribution is 0.988. The first kappa shape index (κ1) is 12.5. The lowest BCUT2D eigenvalue weighted by atomic mass is 10.2. The summed E-state index contributed by atoms with van der Waals surface area (Å²) in [5.74, 6) is 0.832. The fourth-order valence-corrected chi connectivity index (χ4v) is 2.34. The number of nitrogens with zero attached hydrogens (tertiary/aromatic N) is 4. The van der Waals surface area contributed by atoms with Gasteiger partial charge >= 0.3 is 0 Å². The molecule has 0 spiro atoms. The van der Waals surface area contributed by atoms with Gasteiger partial charge in [-0.25, -0.2) is 0 Å². The van der Waals surface area contributed by atoms with Crippen molar-refractivity contribution in [3.63, 3.8) is 0 Å². The van der Waals surface area contributed by atoms with E-state index in [1.807, 2.05) is 24.3 Å². The lowest BCUT2D eigenvalue weighted by Gasteiger charge is -2.03. The van der Waals surface area contributed by atoms with Gasteiger partial charge in [-0.15, -0.1) is 5.10 Å². The molecule has 22 heavy (non-hydrogen) atoms. The Hall–Kier alpha value is -3.28. The highest BCUT2D eigenvalue weighted by Gasteiger charge is 2.14. The van der Waals surface area contributed by atoms with Crippen molar-refractivity contribution in [2.45, 2.75) is 0 Å². The maximum Gasteiger partial charge on any atom is 0.118 e. The van der Waals surface area contributed by atoms with E-state index in [1.165, 1.54) is 0 Å². The lowest BCUT2D eigenvalue weighted by Crippen LogP contribution is -2.33. The van der Waals surface area contributed by atoms with Crippen LogP contribution in [0.15, 0.2) is 49.1 Å². The van der Waals surface area contributed by atoms with E-state index >= 15 is 0 Å². The molecule has 6 heteroatoms. The molecule has 3 aromatic rings. The van der Waals surface area contributed by atoms with Crippen LogP contribution in [0.3, 0.4) is 0 Å². The van der Waals surface area contributed by atoms with Gasteiger partial charge < -0.3 is 10.6 Å². The van der Waals surface area contributed by atoms with Crippen LogP contribution in [-0.2, 0) is 0 Å².